The minimum atomic E-state index is -0.272. The monoisotopic (exact) mass is 271 g/mol. The van der Waals surface area contributed by atoms with Crippen molar-refractivity contribution in [2.75, 3.05) is 13.1 Å². The maximum Gasteiger partial charge on any atom is 0.264 e. The van der Waals surface area contributed by atoms with Crippen LogP contribution >= 0.6 is 0 Å². The smallest absolute Gasteiger partial charge is 0.264 e. The van der Waals surface area contributed by atoms with E-state index in [0.717, 1.165) is 37.7 Å². The van der Waals surface area contributed by atoms with Gasteiger partial charge in [0.05, 0.1) is 0 Å². The second-order valence-electron chi connectivity index (χ2n) is 5.19. The van der Waals surface area contributed by atoms with Crippen molar-refractivity contribution >= 4 is 16.9 Å². The third kappa shape index (κ3) is 2.09. The van der Waals surface area contributed by atoms with E-state index in [1.54, 1.807) is 24.2 Å². The fraction of sp³-hybridized carbons (Fsp3) is 0.400. The number of amides is 1. The Balaban J connectivity index is 2.09. The third-order valence-electron chi connectivity index (χ3n) is 3.84. The van der Waals surface area contributed by atoms with Gasteiger partial charge in [-0.25, -0.2) is 4.98 Å². The Labute approximate surface area is 116 Å². The van der Waals surface area contributed by atoms with Crippen LogP contribution in [0.2, 0.25) is 0 Å². The summed E-state index contributed by atoms with van der Waals surface area (Å²) in [4.78, 5) is 30.8. The number of carbonyl (C=O) groups excluding carboxylic acids is 1. The van der Waals surface area contributed by atoms with Crippen molar-refractivity contribution in [1.29, 1.82) is 0 Å². The number of carbonyl (C=O) groups is 1. The summed E-state index contributed by atoms with van der Waals surface area (Å²) in [5.41, 5.74) is 0.578. The predicted molar refractivity (Wildman–Crippen MR) is 76.7 cm³/mol. The van der Waals surface area contributed by atoms with Crippen LogP contribution in [0.5, 0.6) is 0 Å². The summed E-state index contributed by atoms with van der Waals surface area (Å²) < 4.78 is 1.45. The van der Waals surface area contributed by atoms with E-state index in [4.69, 9.17) is 0 Å². The van der Waals surface area contributed by atoms with Gasteiger partial charge in [-0.1, -0.05) is 0 Å². The molecule has 20 heavy (non-hydrogen) atoms. The van der Waals surface area contributed by atoms with E-state index < -0.39 is 0 Å². The van der Waals surface area contributed by atoms with Crippen molar-refractivity contribution in [3.05, 3.63) is 40.3 Å². The number of hydrogen-bond acceptors (Lipinski definition) is 3. The van der Waals surface area contributed by atoms with Gasteiger partial charge in [-0.3, -0.25) is 14.2 Å². The number of nitrogens with zero attached hydrogens (tertiary/aromatic N) is 3. The average molecular weight is 271 g/mol. The number of pyridine rings is 2. The van der Waals surface area contributed by atoms with E-state index in [-0.39, 0.29) is 17.0 Å². The van der Waals surface area contributed by atoms with Gasteiger partial charge >= 0.3 is 0 Å². The summed E-state index contributed by atoms with van der Waals surface area (Å²) >= 11 is 0. The lowest BCUT2D eigenvalue weighted by molar-refractivity contribution is 0.0722. The highest BCUT2D eigenvalue weighted by molar-refractivity contribution is 5.96. The average Bonchev–Trinajstić information content (AvgIpc) is 2.51. The standard InChI is InChI=1S/C15H17N3O2/c1-17-13-11(6-5-7-16-13)10-12(14(17)19)15(20)18-8-3-2-4-9-18/h5-7,10H,2-4,8-9H2,1H3. The third-order valence-corrected chi connectivity index (χ3v) is 3.84. The molecule has 1 amide bonds. The van der Waals surface area contributed by atoms with Crippen molar-refractivity contribution in [2.24, 2.45) is 7.05 Å². The molecule has 3 heterocycles. The Hall–Kier alpha value is -2.17. The molecule has 0 aromatic carbocycles. The molecule has 5 nitrogen and oxygen atoms in total. The molecule has 104 valence electrons. The second kappa shape index (κ2) is 5.07. The van der Waals surface area contributed by atoms with Crippen molar-refractivity contribution < 1.29 is 4.79 Å². The molecule has 0 aliphatic carbocycles. The molecule has 0 saturated carbocycles. The van der Waals surface area contributed by atoms with Crippen LogP contribution in [-0.4, -0.2) is 33.4 Å². The quantitative estimate of drug-likeness (QED) is 0.791. The first-order chi connectivity index (χ1) is 9.68. The zero-order chi connectivity index (χ0) is 14.1. The minimum Gasteiger partial charge on any atom is -0.338 e. The summed E-state index contributed by atoms with van der Waals surface area (Å²) in [7, 11) is 1.66. The van der Waals surface area contributed by atoms with Crippen LogP contribution in [0.3, 0.4) is 0 Å². The second-order valence-corrected chi connectivity index (χ2v) is 5.19. The number of hydrogen-bond donors (Lipinski definition) is 0. The Morgan fingerprint density at radius 1 is 1.25 bits per heavy atom. The van der Waals surface area contributed by atoms with Crippen molar-refractivity contribution in [3.8, 4) is 0 Å². The molecule has 0 radical (unpaired) electrons. The minimum absolute atomic E-state index is 0.156. The zero-order valence-electron chi connectivity index (χ0n) is 11.5. The van der Waals surface area contributed by atoms with Gasteiger partial charge in [0.25, 0.3) is 11.5 Å². The van der Waals surface area contributed by atoms with Crippen LogP contribution < -0.4 is 5.56 Å². The van der Waals surface area contributed by atoms with Crippen LogP contribution in [0.1, 0.15) is 29.6 Å². The van der Waals surface area contributed by atoms with Gasteiger partial charge in [-0.05, 0) is 37.5 Å². The summed E-state index contributed by atoms with van der Waals surface area (Å²) in [6.07, 6.45) is 4.83. The van der Waals surface area contributed by atoms with Crippen molar-refractivity contribution in [1.82, 2.24) is 14.5 Å². The van der Waals surface area contributed by atoms with Gasteiger partial charge in [0.2, 0.25) is 0 Å². The molecule has 0 unspecified atom stereocenters. The maximum atomic E-state index is 12.5. The molecular weight excluding hydrogens is 254 g/mol. The van der Waals surface area contributed by atoms with E-state index in [0.29, 0.717) is 5.65 Å². The fourth-order valence-corrected chi connectivity index (χ4v) is 2.72. The maximum absolute atomic E-state index is 12.5. The van der Waals surface area contributed by atoms with Gasteiger partial charge in [0.15, 0.2) is 0 Å². The highest BCUT2D eigenvalue weighted by atomic mass is 16.2. The molecule has 3 rings (SSSR count). The lowest BCUT2D eigenvalue weighted by Crippen LogP contribution is -2.39. The first kappa shape index (κ1) is 12.8. The first-order valence-corrected chi connectivity index (χ1v) is 6.92. The number of aromatic nitrogens is 2. The molecule has 1 saturated heterocycles. The van der Waals surface area contributed by atoms with Gasteiger partial charge in [0, 0.05) is 31.7 Å². The molecule has 0 bridgehead atoms. The van der Waals surface area contributed by atoms with Crippen LogP contribution in [0, 0.1) is 0 Å². The molecule has 0 atom stereocenters. The summed E-state index contributed by atoms with van der Waals surface area (Å²) in [5.74, 6) is -0.156. The van der Waals surface area contributed by atoms with Crippen LogP contribution in [0.4, 0.5) is 0 Å². The molecule has 1 fully saturated rings. The molecular formula is C15H17N3O2. The van der Waals surface area contributed by atoms with Gasteiger partial charge in [-0.15, -0.1) is 0 Å². The SMILES string of the molecule is Cn1c(=O)c(C(=O)N2CCCCC2)cc2cccnc21. The Kier molecular flexibility index (Phi) is 3.26. The van der Waals surface area contributed by atoms with Crippen LogP contribution in [0.25, 0.3) is 11.0 Å². The molecule has 0 N–H and O–H groups in total. The van der Waals surface area contributed by atoms with Gasteiger partial charge < -0.3 is 4.90 Å². The van der Waals surface area contributed by atoms with Crippen LogP contribution in [-0.2, 0) is 7.05 Å². The van der Waals surface area contributed by atoms with E-state index in [1.165, 1.54) is 4.57 Å². The summed E-state index contributed by atoms with van der Waals surface area (Å²) in [6, 6.07) is 5.35. The van der Waals surface area contributed by atoms with Crippen molar-refractivity contribution in [3.63, 3.8) is 0 Å². The molecule has 1 aliphatic heterocycles. The van der Waals surface area contributed by atoms with Gasteiger partial charge in [0.1, 0.15) is 11.2 Å². The number of likely N-dealkylation sites (tertiary alicyclic amines) is 1. The molecule has 5 heteroatoms. The Bertz CT molecular complexity index is 715. The highest BCUT2D eigenvalue weighted by Crippen LogP contribution is 2.14. The molecule has 2 aromatic heterocycles. The summed E-state index contributed by atoms with van der Waals surface area (Å²) in [6.45, 7) is 1.49. The van der Waals surface area contributed by atoms with E-state index in [2.05, 4.69) is 4.98 Å². The van der Waals surface area contributed by atoms with Crippen molar-refractivity contribution in [2.45, 2.75) is 19.3 Å². The van der Waals surface area contributed by atoms with E-state index in [1.807, 2.05) is 12.1 Å². The number of rotatable bonds is 1. The van der Waals surface area contributed by atoms with E-state index in [9.17, 15) is 9.59 Å². The zero-order valence-corrected chi connectivity index (χ0v) is 11.5. The number of piperidine rings is 1. The Morgan fingerprint density at radius 2 is 2.00 bits per heavy atom. The van der Waals surface area contributed by atoms with E-state index >= 15 is 0 Å². The largest absolute Gasteiger partial charge is 0.338 e. The Morgan fingerprint density at radius 3 is 2.75 bits per heavy atom. The molecule has 0 spiro atoms. The number of aryl methyl sites for hydroxylation is 1. The fourth-order valence-electron chi connectivity index (χ4n) is 2.72. The van der Waals surface area contributed by atoms with Gasteiger partial charge in [-0.2, -0.15) is 0 Å². The first-order valence-electron chi connectivity index (χ1n) is 6.92. The topological polar surface area (TPSA) is 55.2 Å². The lowest BCUT2D eigenvalue weighted by Gasteiger charge is -2.26. The van der Waals surface area contributed by atoms with Crippen LogP contribution in [0.15, 0.2) is 29.2 Å². The lowest BCUT2D eigenvalue weighted by atomic mass is 10.1. The molecule has 1 aliphatic rings. The molecule has 2 aromatic rings. The normalized spacial score (nSPS) is 15.6. The summed E-state index contributed by atoms with van der Waals surface area (Å²) in [5, 5.41) is 0.815. The number of fused-ring (bicyclic) bond motifs is 1. The predicted octanol–water partition coefficient (Wildman–Crippen LogP) is 1.56. The highest BCUT2D eigenvalue weighted by Gasteiger charge is 2.22.